The lowest BCUT2D eigenvalue weighted by atomic mass is 9.86. The second-order valence-electron chi connectivity index (χ2n) is 7.83. The number of carbonyl (C=O) groups is 2. The zero-order chi connectivity index (χ0) is 19.1. The van der Waals surface area contributed by atoms with E-state index in [9.17, 15) is 9.59 Å². The van der Waals surface area contributed by atoms with Crippen molar-refractivity contribution in [2.45, 2.75) is 25.4 Å². The molecule has 0 spiro atoms. The van der Waals surface area contributed by atoms with Gasteiger partial charge in [-0.3, -0.25) is 19.5 Å². The number of hydrogen-bond donors (Lipinski definition) is 1. The molecule has 1 N–H and O–H groups in total. The number of thiophene rings is 1. The molecule has 1 unspecified atom stereocenters. The van der Waals surface area contributed by atoms with Crippen LogP contribution in [-0.2, 0) is 4.74 Å². The molecule has 2 amide bonds. The van der Waals surface area contributed by atoms with Crippen LogP contribution in [0, 0.1) is 5.92 Å². The SMILES string of the molecule is O=C(NC1CC2CCN1CC2)c1cc2sc(C(=O)N3CCOCC3)cc2cn1. The number of fused-ring (bicyclic) bond motifs is 4. The molecule has 28 heavy (non-hydrogen) atoms. The third-order valence-electron chi connectivity index (χ3n) is 6.09. The summed E-state index contributed by atoms with van der Waals surface area (Å²) in [4.78, 5) is 34.7. The fourth-order valence-corrected chi connectivity index (χ4v) is 5.47. The van der Waals surface area contributed by atoms with Crippen molar-refractivity contribution in [1.29, 1.82) is 0 Å². The second kappa shape index (κ2) is 7.42. The molecule has 4 aliphatic rings. The number of aromatic nitrogens is 1. The maximum absolute atomic E-state index is 12.7. The normalized spacial score (nSPS) is 27.1. The van der Waals surface area contributed by atoms with Gasteiger partial charge in [-0.1, -0.05) is 0 Å². The maximum Gasteiger partial charge on any atom is 0.271 e. The Kier molecular flexibility index (Phi) is 4.78. The Morgan fingerprint density at radius 3 is 2.64 bits per heavy atom. The number of pyridine rings is 1. The summed E-state index contributed by atoms with van der Waals surface area (Å²) in [5.74, 6) is 0.632. The monoisotopic (exact) mass is 400 g/mol. The van der Waals surface area contributed by atoms with Crippen molar-refractivity contribution in [3.8, 4) is 0 Å². The fourth-order valence-electron chi connectivity index (χ4n) is 4.43. The molecule has 8 heteroatoms. The molecule has 148 valence electrons. The molecule has 0 aliphatic carbocycles. The van der Waals surface area contributed by atoms with Crippen LogP contribution in [0.2, 0.25) is 0 Å². The van der Waals surface area contributed by atoms with Gasteiger partial charge in [0.25, 0.3) is 11.8 Å². The number of ether oxygens (including phenoxy) is 1. The zero-order valence-electron chi connectivity index (χ0n) is 15.7. The lowest BCUT2D eigenvalue weighted by molar-refractivity contribution is 0.0293. The van der Waals surface area contributed by atoms with Crippen molar-refractivity contribution in [1.82, 2.24) is 20.1 Å². The number of nitrogens with one attached hydrogen (secondary N) is 1. The number of nitrogens with zero attached hydrogens (tertiary/aromatic N) is 3. The highest BCUT2D eigenvalue weighted by atomic mass is 32.1. The molecule has 4 fully saturated rings. The molecule has 4 aliphatic heterocycles. The minimum Gasteiger partial charge on any atom is -0.378 e. The Hall–Kier alpha value is -2.03. The molecule has 2 aromatic heterocycles. The molecule has 1 atom stereocenters. The molecule has 0 radical (unpaired) electrons. The van der Waals surface area contributed by atoms with E-state index in [4.69, 9.17) is 4.74 Å². The number of amides is 2. The largest absolute Gasteiger partial charge is 0.378 e. The van der Waals surface area contributed by atoms with Gasteiger partial charge in [0.05, 0.1) is 24.3 Å². The smallest absolute Gasteiger partial charge is 0.271 e. The molecule has 7 nitrogen and oxygen atoms in total. The summed E-state index contributed by atoms with van der Waals surface area (Å²) < 4.78 is 6.24. The highest BCUT2D eigenvalue weighted by Crippen LogP contribution is 2.31. The molecule has 0 saturated carbocycles. The van der Waals surface area contributed by atoms with Gasteiger partial charge in [-0.25, -0.2) is 0 Å². The average Bonchev–Trinajstić information content (AvgIpc) is 3.18. The molecule has 2 aromatic rings. The van der Waals surface area contributed by atoms with Gasteiger partial charge in [0.2, 0.25) is 0 Å². The van der Waals surface area contributed by atoms with Crippen molar-refractivity contribution in [3.63, 3.8) is 0 Å². The van der Waals surface area contributed by atoms with Crippen LogP contribution in [0.1, 0.15) is 39.4 Å². The second-order valence-corrected chi connectivity index (χ2v) is 8.91. The van der Waals surface area contributed by atoms with Crippen LogP contribution in [0.5, 0.6) is 0 Å². The summed E-state index contributed by atoms with van der Waals surface area (Å²) in [5.41, 5.74) is 0.419. The van der Waals surface area contributed by atoms with E-state index in [-0.39, 0.29) is 18.0 Å². The lowest BCUT2D eigenvalue weighted by Gasteiger charge is -2.45. The number of piperidine rings is 3. The van der Waals surface area contributed by atoms with E-state index < -0.39 is 0 Å². The van der Waals surface area contributed by atoms with Gasteiger partial charge in [-0.15, -0.1) is 11.3 Å². The van der Waals surface area contributed by atoms with Crippen LogP contribution >= 0.6 is 11.3 Å². The van der Waals surface area contributed by atoms with Gasteiger partial charge in [-0.05, 0) is 37.3 Å². The number of carbonyl (C=O) groups excluding carboxylic acids is 2. The first-order chi connectivity index (χ1) is 13.7. The van der Waals surface area contributed by atoms with Gasteiger partial charge in [0.15, 0.2) is 0 Å². The standard InChI is InChI=1S/C20H24N4O3S/c25-19(22-18-9-13-1-3-23(18)4-2-13)15-11-16-14(12-21-15)10-17(28-16)20(26)24-5-7-27-8-6-24/h10-13,18H,1-9H2,(H,22,25). The molecular formula is C20H24N4O3S. The van der Waals surface area contributed by atoms with Gasteiger partial charge in [-0.2, -0.15) is 0 Å². The maximum atomic E-state index is 12.7. The lowest BCUT2D eigenvalue weighted by Crippen LogP contribution is -2.56. The summed E-state index contributed by atoms with van der Waals surface area (Å²) in [5, 5.41) is 4.05. The Morgan fingerprint density at radius 2 is 1.93 bits per heavy atom. The first kappa shape index (κ1) is 18.0. The molecular weight excluding hydrogens is 376 g/mol. The Morgan fingerprint density at radius 1 is 1.14 bits per heavy atom. The summed E-state index contributed by atoms with van der Waals surface area (Å²) in [6, 6.07) is 3.68. The van der Waals surface area contributed by atoms with Crippen LogP contribution in [-0.4, -0.2) is 72.2 Å². The quantitative estimate of drug-likeness (QED) is 0.852. The van der Waals surface area contributed by atoms with E-state index in [1.165, 1.54) is 24.2 Å². The predicted molar refractivity (Wildman–Crippen MR) is 107 cm³/mol. The van der Waals surface area contributed by atoms with Crippen LogP contribution in [0.15, 0.2) is 18.3 Å². The minimum atomic E-state index is -0.131. The third kappa shape index (κ3) is 3.40. The van der Waals surface area contributed by atoms with E-state index in [1.807, 2.05) is 17.0 Å². The predicted octanol–water partition coefficient (Wildman–Crippen LogP) is 1.94. The first-order valence-corrected chi connectivity index (χ1v) is 10.8. The molecule has 4 saturated heterocycles. The van der Waals surface area contributed by atoms with E-state index in [1.54, 1.807) is 6.20 Å². The van der Waals surface area contributed by atoms with Crippen LogP contribution in [0.25, 0.3) is 10.1 Å². The molecule has 6 heterocycles. The topological polar surface area (TPSA) is 74.8 Å². The van der Waals surface area contributed by atoms with Crippen molar-refractivity contribution >= 4 is 33.2 Å². The van der Waals surface area contributed by atoms with Crippen LogP contribution in [0.4, 0.5) is 0 Å². The average molecular weight is 401 g/mol. The van der Waals surface area contributed by atoms with Crippen molar-refractivity contribution < 1.29 is 14.3 Å². The summed E-state index contributed by atoms with van der Waals surface area (Å²) in [6.07, 6.45) is 5.34. The molecule has 2 bridgehead atoms. The fraction of sp³-hybridized carbons (Fsp3) is 0.550. The van der Waals surface area contributed by atoms with Crippen LogP contribution < -0.4 is 5.32 Å². The Bertz CT molecular complexity index is 900. The third-order valence-corrected chi connectivity index (χ3v) is 7.17. The highest BCUT2D eigenvalue weighted by molar-refractivity contribution is 7.20. The number of morpholine rings is 1. The van der Waals surface area contributed by atoms with Crippen LogP contribution in [0.3, 0.4) is 0 Å². The Labute approximate surface area is 167 Å². The number of hydrogen-bond acceptors (Lipinski definition) is 6. The van der Waals surface area contributed by atoms with Gasteiger partial charge in [0, 0.05) is 42.5 Å². The molecule has 0 aromatic carbocycles. The molecule has 6 rings (SSSR count). The minimum absolute atomic E-state index is 0.0292. The van der Waals surface area contributed by atoms with E-state index >= 15 is 0 Å². The summed E-state index contributed by atoms with van der Waals surface area (Å²) in [7, 11) is 0. The number of rotatable bonds is 3. The van der Waals surface area contributed by atoms with Crippen molar-refractivity contribution in [2.75, 3.05) is 39.4 Å². The van der Waals surface area contributed by atoms with Crippen molar-refractivity contribution in [2.24, 2.45) is 5.92 Å². The van der Waals surface area contributed by atoms with E-state index in [2.05, 4.69) is 15.2 Å². The van der Waals surface area contributed by atoms with E-state index in [0.717, 1.165) is 35.5 Å². The van der Waals surface area contributed by atoms with Crippen molar-refractivity contribution in [3.05, 3.63) is 28.9 Å². The first-order valence-electron chi connectivity index (χ1n) is 9.99. The summed E-state index contributed by atoms with van der Waals surface area (Å²) >= 11 is 1.43. The van der Waals surface area contributed by atoms with Gasteiger partial charge in [0.1, 0.15) is 5.69 Å². The van der Waals surface area contributed by atoms with Gasteiger partial charge < -0.3 is 15.0 Å². The Balaban J connectivity index is 1.32. The zero-order valence-corrected chi connectivity index (χ0v) is 16.5. The summed E-state index contributed by atoms with van der Waals surface area (Å²) in [6.45, 7) is 4.55. The van der Waals surface area contributed by atoms with E-state index in [0.29, 0.717) is 36.9 Å². The van der Waals surface area contributed by atoms with Gasteiger partial charge >= 0.3 is 0 Å². The highest BCUT2D eigenvalue weighted by Gasteiger charge is 2.34.